The minimum Gasteiger partial charge on any atom is -0.361 e. The number of hydrogen-bond acceptors (Lipinski definition) is 1. The molecule has 2 aromatic rings. The molecule has 19 heavy (non-hydrogen) atoms. The third kappa shape index (κ3) is 1.77. The highest BCUT2D eigenvalue weighted by Gasteiger charge is 2.38. The van der Waals surface area contributed by atoms with Crippen LogP contribution in [-0.2, 0) is 6.42 Å². The van der Waals surface area contributed by atoms with Crippen molar-refractivity contribution in [1.29, 1.82) is 0 Å². The lowest BCUT2D eigenvalue weighted by Gasteiger charge is -2.45. The smallest absolute Gasteiger partial charge is 0.0459 e. The molecule has 2 nitrogen and oxygen atoms in total. The van der Waals surface area contributed by atoms with E-state index >= 15 is 0 Å². The number of benzene rings is 1. The molecule has 2 heterocycles. The number of rotatable bonds is 1. The van der Waals surface area contributed by atoms with Crippen molar-refractivity contribution in [3.05, 3.63) is 35.5 Å². The first-order chi connectivity index (χ1) is 9.28. The second-order valence-corrected chi connectivity index (χ2v) is 7.04. The van der Waals surface area contributed by atoms with Crippen LogP contribution in [0.4, 0.5) is 0 Å². The number of likely N-dealkylation sites (N-methyl/N-ethyl adjacent to an activating group) is 1. The topological polar surface area (TPSA) is 19.0 Å². The van der Waals surface area contributed by atoms with E-state index < -0.39 is 0 Å². The van der Waals surface area contributed by atoms with Gasteiger partial charge in [-0.1, -0.05) is 34.7 Å². The van der Waals surface area contributed by atoms with Crippen molar-refractivity contribution >= 4 is 33.5 Å². The van der Waals surface area contributed by atoms with E-state index in [2.05, 4.69) is 63.9 Å². The van der Waals surface area contributed by atoms with Gasteiger partial charge in [-0.2, -0.15) is 0 Å². The molecule has 0 amide bonds. The maximum absolute atomic E-state index is 3.45. The number of fused-ring (bicyclic) bond motifs is 2. The van der Waals surface area contributed by atoms with Gasteiger partial charge in [-0.25, -0.2) is 0 Å². The lowest BCUT2D eigenvalue weighted by atomic mass is 9.73. The van der Waals surface area contributed by atoms with Crippen LogP contribution < -0.4 is 0 Å². The summed E-state index contributed by atoms with van der Waals surface area (Å²) in [6.07, 6.45) is 4.80. The molecular weight excluding hydrogens is 347 g/mol. The number of halogens is 1. The van der Waals surface area contributed by atoms with Crippen molar-refractivity contribution in [2.75, 3.05) is 18.0 Å². The molecule has 1 aliphatic carbocycles. The molecule has 1 aromatic carbocycles. The molecule has 1 unspecified atom stereocenters. The van der Waals surface area contributed by atoms with Gasteiger partial charge in [0.1, 0.15) is 0 Å². The molecule has 3 heteroatoms. The number of likely N-dealkylation sites (tertiary alicyclic amines) is 1. The lowest BCUT2D eigenvalue weighted by Crippen LogP contribution is -2.48. The molecule has 1 saturated heterocycles. The maximum Gasteiger partial charge on any atom is 0.0459 e. The van der Waals surface area contributed by atoms with Gasteiger partial charge in [0, 0.05) is 40.0 Å². The zero-order valence-corrected chi connectivity index (χ0v) is 13.4. The number of nitrogens with zero attached hydrogens (tertiary/aromatic N) is 1. The minimum absolute atomic E-state index is 0.702. The van der Waals surface area contributed by atoms with Crippen molar-refractivity contribution in [2.24, 2.45) is 5.92 Å². The molecule has 0 radical (unpaired) electrons. The Morgan fingerprint density at radius 2 is 2.32 bits per heavy atom. The number of aromatic amines is 1. The molecule has 1 N–H and O–H groups in total. The minimum atomic E-state index is 0.702. The molecule has 0 spiro atoms. The number of H-pyrrole nitrogens is 1. The lowest BCUT2D eigenvalue weighted by molar-refractivity contribution is 0.122. The summed E-state index contributed by atoms with van der Waals surface area (Å²) >= 11 is 2.55. The van der Waals surface area contributed by atoms with Crippen LogP contribution >= 0.6 is 22.6 Å². The Morgan fingerprint density at radius 3 is 3.16 bits per heavy atom. The molecule has 0 saturated carbocycles. The maximum atomic E-state index is 3.45. The van der Waals surface area contributed by atoms with E-state index in [1.165, 1.54) is 40.3 Å². The van der Waals surface area contributed by atoms with E-state index in [0.29, 0.717) is 6.04 Å². The van der Waals surface area contributed by atoms with Gasteiger partial charge in [0.25, 0.3) is 0 Å². The summed E-state index contributed by atoms with van der Waals surface area (Å²) in [6.45, 7) is 1.26. The van der Waals surface area contributed by atoms with E-state index in [-0.39, 0.29) is 0 Å². The van der Waals surface area contributed by atoms with Crippen LogP contribution in [0.2, 0.25) is 0 Å². The molecule has 2 aliphatic rings. The number of aromatic nitrogens is 1. The summed E-state index contributed by atoms with van der Waals surface area (Å²) in [6, 6.07) is 7.49. The molecular formula is C16H19IN2. The SMILES string of the molecule is CN1CC(CI)C[C@H]2c3cccc4[nH]cc(c34)C[C@@H]21. The van der Waals surface area contributed by atoms with Crippen LogP contribution in [-0.4, -0.2) is 33.9 Å². The third-order valence-corrected chi connectivity index (χ3v) is 6.28. The van der Waals surface area contributed by atoms with Crippen LogP contribution in [0, 0.1) is 5.92 Å². The summed E-state index contributed by atoms with van der Waals surface area (Å²) in [5.41, 5.74) is 4.43. The highest BCUT2D eigenvalue weighted by atomic mass is 127. The van der Waals surface area contributed by atoms with Gasteiger partial charge >= 0.3 is 0 Å². The van der Waals surface area contributed by atoms with Crippen LogP contribution in [0.5, 0.6) is 0 Å². The Kier molecular flexibility index (Phi) is 2.88. The Balaban J connectivity index is 1.86. The van der Waals surface area contributed by atoms with Gasteiger partial charge in [-0.3, -0.25) is 0 Å². The Hall–Kier alpha value is -0.550. The van der Waals surface area contributed by atoms with Crippen LogP contribution in [0.15, 0.2) is 24.4 Å². The predicted molar refractivity (Wildman–Crippen MR) is 88.2 cm³/mol. The van der Waals surface area contributed by atoms with Gasteiger partial charge in [0.2, 0.25) is 0 Å². The van der Waals surface area contributed by atoms with Crippen LogP contribution in [0.3, 0.4) is 0 Å². The van der Waals surface area contributed by atoms with E-state index in [0.717, 1.165) is 11.8 Å². The van der Waals surface area contributed by atoms with Crippen LogP contribution in [0.25, 0.3) is 10.9 Å². The number of hydrogen-bond donors (Lipinski definition) is 1. The first kappa shape index (κ1) is 12.2. The fourth-order valence-electron chi connectivity index (χ4n) is 4.17. The molecule has 4 rings (SSSR count). The summed E-state index contributed by atoms with van der Waals surface area (Å²) in [5.74, 6) is 1.58. The summed E-state index contributed by atoms with van der Waals surface area (Å²) in [5, 5.41) is 1.52. The molecule has 0 bridgehead atoms. The summed E-state index contributed by atoms with van der Waals surface area (Å²) < 4.78 is 1.28. The van der Waals surface area contributed by atoms with Gasteiger partial charge in [-0.05, 0) is 43.0 Å². The first-order valence-corrected chi connectivity index (χ1v) is 8.65. The third-order valence-electron chi connectivity index (χ3n) is 5.03. The van der Waals surface area contributed by atoms with Gasteiger partial charge < -0.3 is 9.88 Å². The van der Waals surface area contributed by atoms with Gasteiger partial charge in [0.05, 0.1) is 0 Å². The number of piperidine rings is 1. The molecule has 1 aromatic heterocycles. The normalized spacial score (nSPS) is 30.5. The molecule has 3 atom stereocenters. The second kappa shape index (κ2) is 4.48. The fraction of sp³-hybridized carbons (Fsp3) is 0.500. The fourth-order valence-corrected chi connectivity index (χ4v) is 4.80. The second-order valence-electron chi connectivity index (χ2n) is 6.16. The zero-order valence-electron chi connectivity index (χ0n) is 11.2. The standard InChI is InChI=1S/C16H19IN2/c1-19-9-10(7-17)5-13-12-3-2-4-14-16(12)11(8-18-14)6-15(13)19/h2-4,8,10,13,15,18H,5-7,9H2,1H3/t10?,13-,15-/m0/s1. The molecule has 1 fully saturated rings. The average Bonchev–Trinajstić information content (AvgIpc) is 2.85. The summed E-state index contributed by atoms with van der Waals surface area (Å²) in [4.78, 5) is 6.05. The monoisotopic (exact) mass is 366 g/mol. The Bertz CT molecular complexity index is 618. The van der Waals surface area contributed by atoms with E-state index in [1.807, 2.05) is 0 Å². The van der Waals surface area contributed by atoms with Crippen molar-refractivity contribution < 1.29 is 0 Å². The van der Waals surface area contributed by atoms with Crippen molar-refractivity contribution in [3.8, 4) is 0 Å². The Morgan fingerprint density at radius 1 is 1.42 bits per heavy atom. The van der Waals surface area contributed by atoms with Crippen molar-refractivity contribution in [2.45, 2.75) is 24.8 Å². The number of alkyl halides is 1. The van der Waals surface area contributed by atoms with Crippen LogP contribution in [0.1, 0.15) is 23.5 Å². The average molecular weight is 366 g/mol. The molecule has 1 aliphatic heterocycles. The Labute approximate surface area is 127 Å². The van der Waals surface area contributed by atoms with E-state index in [1.54, 1.807) is 5.56 Å². The van der Waals surface area contributed by atoms with Crippen molar-refractivity contribution in [1.82, 2.24) is 9.88 Å². The molecule has 100 valence electrons. The number of nitrogens with one attached hydrogen (secondary N) is 1. The zero-order chi connectivity index (χ0) is 13.0. The largest absolute Gasteiger partial charge is 0.361 e. The highest BCUT2D eigenvalue weighted by Crippen LogP contribution is 2.44. The van der Waals surface area contributed by atoms with Gasteiger partial charge in [-0.15, -0.1) is 0 Å². The predicted octanol–water partition coefficient (Wildman–Crippen LogP) is 3.56. The first-order valence-electron chi connectivity index (χ1n) is 7.13. The van der Waals surface area contributed by atoms with Crippen molar-refractivity contribution in [3.63, 3.8) is 0 Å². The quantitative estimate of drug-likeness (QED) is 0.604. The van der Waals surface area contributed by atoms with E-state index in [4.69, 9.17) is 0 Å². The summed E-state index contributed by atoms with van der Waals surface area (Å²) in [7, 11) is 2.31. The highest BCUT2D eigenvalue weighted by molar-refractivity contribution is 14.1. The van der Waals surface area contributed by atoms with Gasteiger partial charge in [0.15, 0.2) is 0 Å². The van der Waals surface area contributed by atoms with E-state index in [9.17, 15) is 0 Å².